The van der Waals surface area contributed by atoms with Gasteiger partial charge in [0.15, 0.2) is 5.78 Å². The largest absolute Gasteiger partial charge is 0.480 e. The fourth-order valence-electron chi connectivity index (χ4n) is 3.25. The SMILES string of the molecule is O=C(O)Cn1cc(C(=O)C2CSC(c3cccnc3)N2)c2ccccc21. The molecule has 4 rings (SSSR count). The number of pyridine rings is 1. The van der Waals surface area contributed by atoms with Crippen LogP contribution in [0, 0.1) is 0 Å². The number of carbonyl (C=O) groups is 2. The highest BCUT2D eigenvalue weighted by Crippen LogP contribution is 2.34. The summed E-state index contributed by atoms with van der Waals surface area (Å²) < 4.78 is 1.62. The summed E-state index contributed by atoms with van der Waals surface area (Å²) in [7, 11) is 0. The van der Waals surface area contributed by atoms with Crippen molar-refractivity contribution in [3.05, 3.63) is 66.1 Å². The number of carboxylic acid groups (broad SMARTS) is 1. The van der Waals surface area contributed by atoms with E-state index in [1.807, 2.05) is 36.4 Å². The van der Waals surface area contributed by atoms with E-state index < -0.39 is 5.97 Å². The number of rotatable bonds is 5. The van der Waals surface area contributed by atoms with Gasteiger partial charge in [-0.2, -0.15) is 0 Å². The lowest BCUT2D eigenvalue weighted by Crippen LogP contribution is -2.34. The second-order valence-corrected chi connectivity index (χ2v) is 7.30. The van der Waals surface area contributed by atoms with Crippen LogP contribution in [0.3, 0.4) is 0 Å². The van der Waals surface area contributed by atoms with Gasteiger partial charge in [-0.3, -0.25) is 19.9 Å². The van der Waals surface area contributed by atoms with Crippen LogP contribution < -0.4 is 5.32 Å². The number of benzene rings is 1. The normalized spacial score (nSPS) is 19.7. The minimum atomic E-state index is -0.934. The van der Waals surface area contributed by atoms with Crippen LogP contribution >= 0.6 is 11.8 Å². The van der Waals surface area contributed by atoms with Crippen LogP contribution in [0.2, 0.25) is 0 Å². The molecule has 2 unspecified atom stereocenters. The maximum Gasteiger partial charge on any atom is 0.323 e. The van der Waals surface area contributed by atoms with Gasteiger partial charge in [0, 0.05) is 40.8 Å². The molecule has 7 heteroatoms. The van der Waals surface area contributed by atoms with Gasteiger partial charge in [0.25, 0.3) is 0 Å². The minimum Gasteiger partial charge on any atom is -0.480 e. The van der Waals surface area contributed by atoms with Crippen LogP contribution in [0.15, 0.2) is 55.0 Å². The number of Topliss-reactive ketones (excluding diaryl/α,β-unsaturated/α-hetero) is 1. The molecule has 26 heavy (non-hydrogen) atoms. The highest BCUT2D eigenvalue weighted by molar-refractivity contribution is 7.99. The van der Waals surface area contributed by atoms with Crippen LogP contribution in [-0.2, 0) is 11.3 Å². The van der Waals surface area contributed by atoms with E-state index in [4.69, 9.17) is 5.11 Å². The van der Waals surface area contributed by atoms with E-state index in [2.05, 4.69) is 10.3 Å². The zero-order chi connectivity index (χ0) is 18.1. The van der Waals surface area contributed by atoms with Crippen molar-refractivity contribution in [3.8, 4) is 0 Å². The van der Waals surface area contributed by atoms with E-state index >= 15 is 0 Å². The van der Waals surface area contributed by atoms with E-state index in [0.29, 0.717) is 11.3 Å². The number of nitrogens with one attached hydrogen (secondary N) is 1. The van der Waals surface area contributed by atoms with Gasteiger partial charge in [0.1, 0.15) is 6.54 Å². The number of thioether (sulfide) groups is 1. The number of hydrogen-bond donors (Lipinski definition) is 2. The number of nitrogens with zero attached hydrogens (tertiary/aromatic N) is 2. The van der Waals surface area contributed by atoms with Crippen molar-refractivity contribution >= 4 is 34.4 Å². The molecule has 0 amide bonds. The van der Waals surface area contributed by atoms with Crippen LogP contribution in [0.1, 0.15) is 21.3 Å². The monoisotopic (exact) mass is 367 g/mol. The molecule has 0 saturated carbocycles. The first-order chi connectivity index (χ1) is 12.6. The Balaban J connectivity index is 1.62. The second kappa shape index (κ2) is 6.93. The topological polar surface area (TPSA) is 84.2 Å². The van der Waals surface area contributed by atoms with Gasteiger partial charge in [-0.05, 0) is 17.7 Å². The van der Waals surface area contributed by atoms with Gasteiger partial charge < -0.3 is 9.67 Å². The average molecular weight is 367 g/mol. The van der Waals surface area contributed by atoms with Crippen molar-refractivity contribution in [1.29, 1.82) is 0 Å². The van der Waals surface area contributed by atoms with Crippen molar-refractivity contribution in [2.45, 2.75) is 18.0 Å². The number of carbonyl (C=O) groups excluding carboxylic acids is 1. The molecule has 0 spiro atoms. The van der Waals surface area contributed by atoms with Gasteiger partial charge in [-0.1, -0.05) is 24.3 Å². The number of aromatic nitrogens is 2. The lowest BCUT2D eigenvalue weighted by molar-refractivity contribution is -0.137. The van der Waals surface area contributed by atoms with Crippen LogP contribution in [-0.4, -0.2) is 38.2 Å². The molecule has 3 heterocycles. The Hall–Kier alpha value is -2.64. The van der Waals surface area contributed by atoms with E-state index in [1.165, 1.54) is 0 Å². The van der Waals surface area contributed by atoms with E-state index in [0.717, 1.165) is 16.5 Å². The number of para-hydroxylation sites is 1. The maximum atomic E-state index is 13.1. The summed E-state index contributed by atoms with van der Waals surface area (Å²) in [4.78, 5) is 28.3. The van der Waals surface area contributed by atoms with Crippen LogP contribution in [0.25, 0.3) is 10.9 Å². The smallest absolute Gasteiger partial charge is 0.323 e. The maximum absolute atomic E-state index is 13.1. The van der Waals surface area contributed by atoms with E-state index in [9.17, 15) is 9.59 Å². The third-order valence-corrected chi connectivity index (χ3v) is 5.71. The molecule has 132 valence electrons. The molecule has 1 fully saturated rings. The van der Waals surface area contributed by atoms with Crippen molar-refractivity contribution in [1.82, 2.24) is 14.9 Å². The Labute approximate surface area is 154 Å². The summed E-state index contributed by atoms with van der Waals surface area (Å²) >= 11 is 1.68. The van der Waals surface area contributed by atoms with Crippen LogP contribution in [0.5, 0.6) is 0 Å². The third kappa shape index (κ3) is 3.11. The fourth-order valence-corrected chi connectivity index (χ4v) is 4.48. The fraction of sp³-hybridized carbons (Fsp3) is 0.211. The van der Waals surface area contributed by atoms with Gasteiger partial charge >= 0.3 is 5.97 Å². The Kier molecular flexibility index (Phi) is 4.48. The highest BCUT2D eigenvalue weighted by Gasteiger charge is 2.32. The quantitative estimate of drug-likeness (QED) is 0.675. The molecule has 1 saturated heterocycles. The molecule has 0 bridgehead atoms. The van der Waals surface area contributed by atoms with Gasteiger partial charge in [-0.15, -0.1) is 11.8 Å². The standard InChI is InChI=1S/C19H17N3O3S/c23-17(24)10-22-9-14(13-5-1-2-6-16(13)22)18(25)15-11-26-19(21-15)12-4-3-7-20-8-12/h1-9,15,19,21H,10-11H2,(H,23,24). The van der Waals surface area contributed by atoms with Crippen molar-refractivity contribution in [2.24, 2.45) is 0 Å². The second-order valence-electron chi connectivity index (χ2n) is 6.16. The minimum absolute atomic E-state index is 0.00997. The van der Waals surface area contributed by atoms with Crippen molar-refractivity contribution < 1.29 is 14.7 Å². The molecule has 3 aromatic rings. The summed E-state index contributed by atoms with van der Waals surface area (Å²) in [6.07, 6.45) is 5.18. The molecule has 1 aliphatic heterocycles. The molecule has 1 aliphatic rings. The summed E-state index contributed by atoms with van der Waals surface area (Å²) in [6.45, 7) is -0.168. The Morgan fingerprint density at radius 2 is 2.12 bits per heavy atom. The molecule has 2 atom stereocenters. The van der Waals surface area contributed by atoms with Gasteiger partial charge in [0.2, 0.25) is 0 Å². The summed E-state index contributed by atoms with van der Waals surface area (Å²) in [5.74, 6) is -0.281. The number of fused-ring (bicyclic) bond motifs is 1. The average Bonchev–Trinajstić information content (AvgIpc) is 3.28. The van der Waals surface area contributed by atoms with E-state index in [1.54, 1.807) is 34.9 Å². The number of ketones is 1. The number of carboxylic acids is 1. The van der Waals surface area contributed by atoms with Crippen molar-refractivity contribution in [2.75, 3.05) is 5.75 Å². The third-order valence-electron chi connectivity index (χ3n) is 4.45. The molecule has 0 radical (unpaired) electrons. The number of aliphatic carboxylic acids is 1. The van der Waals surface area contributed by atoms with Gasteiger partial charge in [0.05, 0.1) is 11.4 Å². The Bertz CT molecular complexity index is 971. The molecule has 0 aliphatic carbocycles. The first-order valence-corrected chi connectivity index (χ1v) is 9.30. The molecular weight excluding hydrogens is 350 g/mol. The zero-order valence-corrected chi connectivity index (χ0v) is 14.6. The Morgan fingerprint density at radius 3 is 2.88 bits per heavy atom. The predicted octanol–water partition coefficient (Wildman–Crippen LogP) is 2.71. The molecule has 2 N–H and O–H groups in total. The first kappa shape index (κ1) is 16.8. The van der Waals surface area contributed by atoms with Crippen molar-refractivity contribution in [3.63, 3.8) is 0 Å². The molecule has 2 aromatic heterocycles. The summed E-state index contributed by atoms with van der Waals surface area (Å²) in [6, 6.07) is 11.0. The molecule has 1 aromatic carbocycles. The lowest BCUT2D eigenvalue weighted by Gasteiger charge is -2.12. The summed E-state index contributed by atoms with van der Waals surface area (Å²) in [5, 5.41) is 13.3. The van der Waals surface area contributed by atoms with Gasteiger partial charge in [-0.25, -0.2) is 0 Å². The van der Waals surface area contributed by atoms with Crippen LogP contribution in [0.4, 0.5) is 0 Å². The number of hydrogen-bond acceptors (Lipinski definition) is 5. The zero-order valence-electron chi connectivity index (χ0n) is 13.8. The Morgan fingerprint density at radius 1 is 1.27 bits per heavy atom. The summed E-state index contributed by atoms with van der Waals surface area (Å²) in [5.41, 5.74) is 2.36. The predicted molar refractivity (Wildman–Crippen MR) is 100 cm³/mol. The first-order valence-electron chi connectivity index (χ1n) is 8.25. The molecule has 6 nitrogen and oxygen atoms in total. The highest BCUT2D eigenvalue weighted by atomic mass is 32.2. The lowest BCUT2D eigenvalue weighted by atomic mass is 10.0. The van der Waals surface area contributed by atoms with E-state index in [-0.39, 0.29) is 23.7 Å². The molecular formula is C19H17N3O3S.